The van der Waals surface area contributed by atoms with Crippen molar-refractivity contribution in [3.05, 3.63) is 0 Å². The van der Waals surface area contributed by atoms with Crippen molar-refractivity contribution in [2.24, 2.45) is 5.92 Å². The third-order valence-electron chi connectivity index (χ3n) is 4.24. The van der Waals surface area contributed by atoms with Gasteiger partial charge in [0.25, 0.3) is 0 Å². The number of aliphatic hydroxyl groups excluding tert-OH is 1. The molecule has 1 saturated heterocycles. The Balaban J connectivity index is 1.84. The highest BCUT2D eigenvalue weighted by Crippen LogP contribution is 2.35. The number of rotatable bonds is 3. The molecule has 2 aliphatic rings. The molecule has 0 aromatic rings. The largest absolute Gasteiger partial charge is 0.390 e. The number of aliphatic hydroxyl groups is 1. The van der Waals surface area contributed by atoms with Crippen molar-refractivity contribution in [3.63, 3.8) is 0 Å². The molecule has 0 bridgehead atoms. The van der Waals surface area contributed by atoms with E-state index in [0.29, 0.717) is 0 Å². The van der Waals surface area contributed by atoms with Gasteiger partial charge in [-0.05, 0) is 38.5 Å². The summed E-state index contributed by atoms with van der Waals surface area (Å²) in [5, 5.41) is 10.3. The van der Waals surface area contributed by atoms with E-state index in [4.69, 9.17) is 4.74 Å². The van der Waals surface area contributed by atoms with Crippen molar-refractivity contribution < 1.29 is 9.84 Å². The number of hydrogen-bond donors (Lipinski definition) is 1. The summed E-state index contributed by atoms with van der Waals surface area (Å²) in [5.74, 6) is 0.752. The summed E-state index contributed by atoms with van der Waals surface area (Å²) in [5.41, 5.74) is -0.249. The third-order valence-corrected chi connectivity index (χ3v) is 4.24. The van der Waals surface area contributed by atoms with Gasteiger partial charge >= 0.3 is 0 Å². The Bertz CT molecular complexity index is 191. The second kappa shape index (κ2) is 4.84. The summed E-state index contributed by atoms with van der Waals surface area (Å²) in [7, 11) is 0. The van der Waals surface area contributed by atoms with E-state index in [1.165, 1.54) is 32.1 Å². The Kier molecular flexibility index (Phi) is 3.68. The van der Waals surface area contributed by atoms with Gasteiger partial charge in [0.15, 0.2) is 0 Å². The molecule has 2 nitrogen and oxygen atoms in total. The minimum atomic E-state index is -0.249. The van der Waals surface area contributed by atoms with E-state index in [9.17, 15) is 5.11 Å². The molecule has 15 heavy (non-hydrogen) atoms. The van der Waals surface area contributed by atoms with Gasteiger partial charge in [0, 0.05) is 6.61 Å². The van der Waals surface area contributed by atoms with Gasteiger partial charge in [-0.2, -0.15) is 0 Å². The highest BCUT2D eigenvalue weighted by molar-refractivity contribution is 4.88. The van der Waals surface area contributed by atoms with E-state index in [-0.39, 0.29) is 11.7 Å². The molecular weight excluding hydrogens is 188 g/mol. The fourth-order valence-electron chi connectivity index (χ4n) is 3.03. The summed E-state index contributed by atoms with van der Waals surface area (Å²) in [4.78, 5) is 0. The molecule has 0 spiro atoms. The van der Waals surface area contributed by atoms with Crippen molar-refractivity contribution >= 4 is 0 Å². The molecule has 0 amide bonds. The van der Waals surface area contributed by atoms with Gasteiger partial charge in [0.2, 0.25) is 0 Å². The summed E-state index contributed by atoms with van der Waals surface area (Å²) in [6, 6.07) is 0. The van der Waals surface area contributed by atoms with Gasteiger partial charge < -0.3 is 9.84 Å². The first-order chi connectivity index (χ1) is 7.21. The molecule has 1 aliphatic heterocycles. The van der Waals surface area contributed by atoms with Crippen LogP contribution in [0.15, 0.2) is 0 Å². The van der Waals surface area contributed by atoms with E-state index >= 15 is 0 Å². The lowest BCUT2D eigenvalue weighted by Crippen LogP contribution is -2.45. The van der Waals surface area contributed by atoms with Crippen LogP contribution >= 0.6 is 0 Å². The molecule has 1 saturated carbocycles. The lowest BCUT2D eigenvalue weighted by molar-refractivity contribution is -0.141. The first-order valence-corrected chi connectivity index (χ1v) is 6.53. The van der Waals surface area contributed by atoms with Gasteiger partial charge in [-0.25, -0.2) is 0 Å². The Morgan fingerprint density at radius 1 is 1.27 bits per heavy atom. The average molecular weight is 212 g/mol. The second-order valence-electron chi connectivity index (χ2n) is 5.52. The maximum Gasteiger partial charge on any atom is 0.0912 e. The van der Waals surface area contributed by atoms with Crippen LogP contribution in [0.25, 0.3) is 0 Å². The van der Waals surface area contributed by atoms with Crippen LogP contribution in [0.5, 0.6) is 0 Å². The quantitative estimate of drug-likeness (QED) is 0.779. The van der Waals surface area contributed by atoms with E-state index in [1.54, 1.807) is 0 Å². The van der Waals surface area contributed by atoms with Gasteiger partial charge in [0.1, 0.15) is 0 Å². The van der Waals surface area contributed by atoms with Crippen LogP contribution in [0.4, 0.5) is 0 Å². The Morgan fingerprint density at radius 2 is 2.00 bits per heavy atom. The van der Waals surface area contributed by atoms with E-state index < -0.39 is 0 Å². The maximum absolute atomic E-state index is 10.3. The van der Waals surface area contributed by atoms with Crippen molar-refractivity contribution in [2.45, 2.75) is 70.0 Å². The Labute approximate surface area is 93.0 Å². The van der Waals surface area contributed by atoms with Crippen LogP contribution in [0.3, 0.4) is 0 Å². The van der Waals surface area contributed by atoms with E-state index in [0.717, 1.165) is 31.8 Å². The lowest BCUT2D eigenvalue weighted by Gasteiger charge is -2.38. The molecule has 88 valence electrons. The number of hydrogen-bond acceptors (Lipinski definition) is 2. The van der Waals surface area contributed by atoms with Crippen molar-refractivity contribution in [1.29, 1.82) is 0 Å². The minimum Gasteiger partial charge on any atom is -0.390 e. The number of ether oxygens (including phenoxy) is 1. The summed E-state index contributed by atoms with van der Waals surface area (Å²) >= 11 is 0. The van der Waals surface area contributed by atoms with Gasteiger partial charge in [0.05, 0.1) is 11.7 Å². The highest BCUT2D eigenvalue weighted by atomic mass is 16.5. The molecule has 0 aromatic heterocycles. The first-order valence-electron chi connectivity index (χ1n) is 6.53. The summed E-state index contributed by atoms with van der Waals surface area (Å²) < 4.78 is 5.79. The zero-order valence-corrected chi connectivity index (χ0v) is 9.87. The first kappa shape index (κ1) is 11.4. The zero-order chi connectivity index (χ0) is 10.7. The van der Waals surface area contributed by atoms with Crippen molar-refractivity contribution in [3.8, 4) is 0 Å². The predicted octanol–water partition coefficient (Wildman–Crippen LogP) is 2.89. The highest BCUT2D eigenvalue weighted by Gasteiger charge is 2.37. The fourth-order valence-corrected chi connectivity index (χ4v) is 3.03. The molecule has 0 radical (unpaired) electrons. The van der Waals surface area contributed by atoms with Crippen molar-refractivity contribution in [2.75, 3.05) is 6.61 Å². The third kappa shape index (κ3) is 2.73. The molecule has 2 unspecified atom stereocenters. The van der Waals surface area contributed by atoms with Crippen molar-refractivity contribution in [1.82, 2.24) is 0 Å². The van der Waals surface area contributed by atoms with E-state index in [1.807, 2.05) is 0 Å². The fraction of sp³-hybridized carbons (Fsp3) is 1.00. The molecule has 2 atom stereocenters. The monoisotopic (exact) mass is 212 g/mol. The zero-order valence-electron chi connectivity index (χ0n) is 9.87. The Morgan fingerprint density at radius 3 is 2.60 bits per heavy atom. The van der Waals surface area contributed by atoms with Crippen LogP contribution < -0.4 is 0 Å². The summed E-state index contributed by atoms with van der Waals surface area (Å²) in [6.45, 7) is 2.92. The Hall–Kier alpha value is -0.0800. The van der Waals surface area contributed by atoms with Gasteiger partial charge in [-0.1, -0.05) is 25.7 Å². The molecule has 2 rings (SSSR count). The summed E-state index contributed by atoms with van der Waals surface area (Å²) in [6.07, 6.45) is 9.44. The molecule has 1 aliphatic carbocycles. The van der Waals surface area contributed by atoms with Crippen LogP contribution in [0.1, 0.15) is 58.3 Å². The molecular formula is C13H24O2. The molecule has 1 heterocycles. The van der Waals surface area contributed by atoms with Crippen LogP contribution in [0.2, 0.25) is 0 Å². The lowest BCUT2D eigenvalue weighted by atomic mass is 9.84. The predicted molar refractivity (Wildman–Crippen MR) is 60.8 cm³/mol. The average Bonchev–Trinajstić information content (AvgIpc) is 2.71. The molecule has 2 heteroatoms. The topological polar surface area (TPSA) is 29.5 Å². The van der Waals surface area contributed by atoms with Gasteiger partial charge in [-0.15, -0.1) is 0 Å². The van der Waals surface area contributed by atoms with Crippen LogP contribution in [-0.4, -0.2) is 23.4 Å². The molecule has 0 aromatic carbocycles. The minimum absolute atomic E-state index is 0.249. The second-order valence-corrected chi connectivity index (χ2v) is 5.52. The maximum atomic E-state index is 10.3. The normalized spacial score (nSPS) is 35.6. The molecule has 1 N–H and O–H groups in total. The van der Waals surface area contributed by atoms with Crippen LogP contribution in [0, 0.1) is 5.92 Å². The molecule has 2 fully saturated rings. The van der Waals surface area contributed by atoms with Crippen LogP contribution in [-0.2, 0) is 4.74 Å². The standard InChI is InChI=1S/C13H24O2/c1-13(8-4-5-9-15-13)12(14)10-11-6-2-3-7-11/h11-12,14H,2-10H2,1H3. The smallest absolute Gasteiger partial charge is 0.0912 e. The SMILES string of the molecule is CC1(C(O)CC2CCCC2)CCCCO1. The van der Waals surface area contributed by atoms with E-state index in [2.05, 4.69) is 6.92 Å². The van der Waals surface area contributed by atoms with Gasteiger partial charge in [-0.3, -0.25) is 0 Å².